The van der Waals surface area contributed by atoms with Crippen molar-refractivity contribution in [2.24, 2.45) is 11.3 Å². The lowest BCUT2D eigenvalue weighted by Gasteiger charge is -2.21. The normalized spacial score (nSPS) is 22.8. The van der Waals surface area contributed by atoms with E-state index in [1.807, 2.05) is 7.05 Å². The number of likely N-dealkylation sites (N-methyl/N-ethyl adjacent to an activating group) is 1. The molecule has 1 aliphatic carbocycles. The van der Waals surface area contributed by atoms with E-state index in [2.05, 4.69) is 47.9 Å². The molecule has 5 heteroatoms. The minimum atomic E-state index is 0.298. The molecule has 1 saturated carbocycles. The number of hydrogen-bond donors (Lipinski definition) is 1. The van der Waals surface area contributed by atoms with Crippen molar-refractivity contribution >= 4 is 11.6 Å². The van der Waals surface area contributed by atoms with Gasteiger partial charge in [0.2, 0.25) is 0 Å². The molecule has 0 saturated heterocycles. The molecule has 1 N–H and O–H groups in total. The first-order valence-corrected chi connectivity index (χ1v) is 7.28. The van der Waals surface area contributed by atoms with Gasteiger partial charge >= 0.3 is 0 Å². The van der Waals surface area contributed by atoms with E-state index in [1.54, 1.807) is 6.20 Å². The second kappa shape index (κ2) is 5.43. The van der Waals surface area contributed by atoms with Gasteiger partial charge in [-0.25, -0.2) is 0 Å². The summed E-state index contributed by atoms with van der Waals surface area (Å²) in [7, 11) is 6.16. The molecule has 2 rings (SSSR count). The highest BCUT2D eigenvalue weighted by Crippen LogP contribution is 2.58. The van der Waals surface area contributed by atoms with Crippen LogP contribution in [0.4, 0.5) is 0 Å². The van der Waals surface area contributed by atoms with E-state index in [0.29, 0.717) is 17.4 Å². The third-order valence-electron chi connectivity index (χ3n) is 4.19. The van der Waals surface area contributed by atoms with Gasteiger partial charge in [-0.2, -0.15) is 5.10 Å². The molecule has 2 unspecified atom stereocenters. The molecule has 0 aliphatic heterocycles. The molecule has 1 aromatic heterocycles. The van der Waals surface area contributed by atoms with Crippen LogP contribution in [0.15, 0.2) is 6.20 Å². The number of nitrogens with zero attached hydrogens (tertiary/aromatic N) is 3. The summed E-state index contributed by atoms with van der Waals surface area (Å²) >= 11 is 6.36. The van der Waals surface area contributed by atoms with Crippen molar-refractivity contribution in [3.63, 3.8) is 0 Å². The van der Waals surface area contributed by atoms with Crippen LogP contribution in [0.1, 0.15) is 32.0 Å². The Hall–Kier alpha value is -0.580. The Morgan fingerprint density at radius 1 is 1.58 bits per heavy atom. The summed E-state index contributed by atoms with van der Waals surface area (Å²) in [5, 5.41) is 8.64. The average molecular weight is 285 g/mol. The summed E-state index contributed by atoms with van der Waals surface area (Å²) < 4.78 is 2.05. The Morgan fingerprint density at radius 3 is 2.68 bits per heavy atom. The van der Waals surface area contributed by atoms with Crippen LogP contribution >= 0.6 is 11.6 Å². The first-order chi connectivity index (χ1) is 8.86. The third kappa shape index (κ3) is 3.12. The molecule has 1 fully saturated rings. The van der Waals surface area contributed by atoms with E-state index in [4.69, 9.17) is 11.6 Å². The van der Waals surface area contributed by atoms with Crippen molar-refractivity contribution in [1.29, 1.82) is 0 Å². The SMILES string of the molecule is CNC(c1c(Cl)cnn1CCN(C)C)C1CC1(C)C. The van der Waals surface area contributed by atoms with Crippen molar-refractivity contribution in [1.82, 2.24) is 20.0 Å². The molecular formula is C14H25ClN4. The van der Waals surface area contributed by atoms with E-state index in [0.717, 1.165) is 23.8 Å². The van der Waals surface area contributed by atoms with Crippen LogP contribution in [-0.4, -0.2) is 42.4 Å². The van der Waals surface area contributed by atoms with Gasteiger partial charge < -0.3 is 10.2 Å². The highest BCUT2D eigenvalue weighted by molar-refractivity contribution is 6.31. The lowest BCUT2D eigenvalue weighted by atomic mass is 10.0. The first kappa shape index (κ1) is 14.8. The Balaban J connectivity index is 2.20. The summed E-state index contributed by atoms with van der Waals surface area (Å²) in [6.07, 6.45) is 3.01. The molecule has 1 aliphatic rings. The molecular weight excluding hydrogens is 260 g/mol. The standard InChI is InChI=1S/C14H25ClN4/c1-14(2)8-10(14)12(16-3)13-11(15)9-17-19(13)7-6-18(4)5/h9-10,12,16H,6-8H2,1-5H3. The van der Waals surface area contributed by atoms with Crippen molar-refractivity contribution in [3.05, 3.63) is 16.9 Å². The highest BCUT2D eigenvalue weighted by Gasteiger charge is 2.51. The summed E-state index contributed by atoms with van der Waals surface area (Å²) in [5.74, 6) is 0.643. The fourth-order valence-electron chi connectivity index (χ4n) is 2.76. The molecule has 4 nitrogen and oxygen atoms in total. The third-order valence-corrected chi connectivity index (χ3v) is 4.48. The van der Waals surface area contributed by atoms with Gasteiger partial charge in [-0.15, -0.1) is 0 Å². The van der Waals surface area contributed by atoms with E-state index in [9.17, 15) is 0 Å². The maximum Gasteiger partial charge on any atom is 0.0834 e. The number of aromatic nitrogens is 2. The predicted octanol–water partition coefficient (Wildman–Crippen LogP) is 2.40. The van der Waals surface area contributed by atoms with E-state index in [-0.39, 0.29) is 0 Å². The van der Waals surface area contributed by atoms with Crippen molar-refractivity contribution in [2.75, 3.05) is 27.7 Å². The topological polar surface area (TPSA) is 33.1 Å². The van der Waals surface area contributed by atoms with Gasteiger partial charge in [0.15, 0.2) is 0 Å². The zero-order chi connectivity index (χ0) is 14.2. The van der Waals surface area contributed by atoms with Gasteiger partial charge in [0.05, 0.1) is 29.5 Å². The molecule has 0 radical (unpaired) electrons. The Bertz CT molecular complexity index is 439. The van der Waals surface area contributed by atoms with Crippen molar-refractivity contribution < 1.29 is 0 Å². The molecule has 1 aromatic rings. The van der Waals surface area contributed by atoms with E-state index < -0.39 is 0 Å². The van der Waals surface area contributed by atoms with Gasteiger partial charge in [-0.3, -0.25) is 4.68 Å². The monoisotopic (exact) mass is 284 g/mol. The van der Waals surface area contributed by atoms with Gasteiger partial charge in [0.1, 0.15) is 0 Å². The molecule has 2 atom stereocenters. The van der Waals surface area contributed by atoms with Gasteiger partial charge in [0.25, 0.3) is 0 Å². The summed E-state index contributed by atoms with van der Waals surface area (Å²) in [4.78, 5) is 2.16. The lowest BCUT2D eigenvalue weighted by molar-refractivity contribution is 0.353. The first-order valence-electron chi connectivity index (χ1n) is 6.90. The Labute approximate surface area is 121 Å². The highest BCUT2D eigenvalue weighted by atomic mass is 35.5. The minimum absolute atomic E-state index is 0.298. The zero-order valence-corrected chi connectivity index (χ0v) is 13.3. The molecule has 0 aromatic carbocycles. The zero-order valence-electron chi connectivity index (χ0n) is 12.6. The number of nitrogens with one attached hydrogen (secondary N) is 1. The molecule has 108 valence electrons. The second-order valence-corrected chi connectivity index (χ2v) is 6.88. The number of rotatable bonds is 6. The second-order valence-electron chi connectivity index (χ2n) is 6.47. The largest absolute Gasteiger partial charge is 0.311 e. The summed E-state index contributed by atoms with van der Waals surface area (Å²) in [6.45, 7) is 6.47. The Kier molecular flexibility index (Phi) is 4.23. The van der Waals surface area contributed by atoms with Crippen LogP contribution in [0.3, 0.4) is 0 Å². The van der Waals surface area contributed by atoms with Crippen LogP contribution < -0.4 is 5.32 Å². The van der Waals surface area contributed by atoms with E-state index in [1.165, 1.54) is 6.42 Å². The fourth-order valence-corrected chi connectivity index (χ4v) is 3.02. The van der Waals surface area contributed by atoms with Gasteiger partial charge in [-0.1, -0.05) is 25.4 Å². The number of halogens is 1. The predicted molar refractivity (Wildman–Crippen MR) is 79.5 cm³/mol. The minimum Gasteiger partial charge on any atom is -0.311 e. The summed E-state index contributed by atoms with van der Waals surface area (Å²) in [6, 6.07) is 0.298. The van der Waals surface area contributed by atoms with Crippen molar-refractivity contribution in [2.45, 2.75) is 32.9 Å². The molecule has 19 heavy (non-hydrogen) atoms. The molecule has 0 amide bonds. The molecule has 0 spiro atoms. The van der Waals surface area contributed by atoms with Crippen molar-refractivity contribution in [3.8, 4) is 0 Å². The van der Waals surface area contributed by atoms with Crippen LogP contribution in [-0.2, 0) is 6.54 Å². The fraction of sp³-hybridized carbons (Fsp3) is 0.786. The quantitative estimate of drug-likeness (QED) is 0.871. The summed E-state index contributed by atoms with van der Waals surface area (Å²) in [5.41, 5.74) is 1.55. The van der Waals surface area contributed by atoms with Crippen LogP contribution in [0.25, 0.3) is 0 Å². The maximum atomic E-state index is 6.36. The van der Waals surface area contributed by atoms with Crippen LogP contribution in [0.2, 0.25) is 5.02 Å². The van der Waals surface area contributed by atoms with Crippen LogP contribution in [0.5, 0.6) is 0 Å². The average Bonchev–Trinajstić information content (AvgIpc) is 2.78. The van der Waals surface area contributed by atoms with Gasteiger partial charge in [0, 0.05) is 6.54 Å². The lowest BCUT2D eigenvalue weighted by Crippen LogP contribution is -2.26. The van der Waals surface area contributed by atoms with E-state index >= 15 is 0 Å². The smallest absolute Gasteiger partial charge is 0.0834 e. The van der Waals surface area contributed by atoms with Crippen LogP contribution in [0, 0.1) is 11.3 Å². The number of hydrogen-bond acceptors (Lipinski definition) is 3. The molecule has 0 bridgehead atoms. The maximum absolute atomic E-state index is 6.36. The molecule has 1 heterocycles. The van der Waals surface area contributed by atoms with Gasteiger partial charge in [-0.05, 0) is 38.9 Å². The Morgan fingerprint density at radius 2 is 2.21 bits per heavy atom.